The lowest BCUT2D eigenvalue weighted by molar-refractivity contribution is -0.134. The minimum absolute atomic E-state index is 0.172. The molecule has 9 aromatic heterocycles. The lowest BCUT2D eigenvalue weighted by Gasteiger charge is -2.36. The number of fused-ring (bicyclic) bond motifs is 6. The predicted octanol–water partition coefficient (Wildman–Crippen LogP) is 20.5. The van der Waals surface area contributed by atoms with Crippen LogP contribution in [-0.2, 0) is 68.1 Å². The Balaban J connectivity index is 0.000000145. The van der Waals surface area contributed by atoms with Crippen molar-refractivity contribution in [1.29, 1.82) is 15.8 Å². The number of aromatic nitrogens is 9. The number of piperazine rings is 3. The minimum atomic E-state index is -4.26. The Morgan fingerprint density at radius 3 is 1.18 bits per heavy atom. The molecule has 3 N–H and O–H groups in total. The van der Waals surface area contributed by atoms with Crippen LogP contribution in [0.5, 0.6) is 0 Å². The number of allylic oxidation sites excluding steroid dienone is 1. The van der Waals surface area contributed by atoms with Crippen LogP contribution >= 0.6 is 34.0 Å². The van der Waals surface area contributed by atoms with E-state index in [1.54, 1.807) is 18.2 Å². The average molecular weight is 2080 g/mol. The van der Waals surface area contributed by atoms with Gasteiger partial charge in [-0.15, -0.1) is 34.0 Å². The second-order valence-electron chi connectivity index (χ2n) is 41.3. The maximum atomic E-state index is 13.0. The first-order valence-corrected chi connectivity index (χ1v) is 55.0. The molecule has 20 rings (SSSR count). The van der Waals surface area contributed by atoms with Gasteiger partial charge in [0, 0.05) is 254 Å². The molecule has 0 unspecified atom stereocenters. The van der Waals surface area contributed by atoms with Crippen molar-refractivity contribution in [2.24, 2.45) is 11.8 Å². The van der Waals surface area contributed by atoms with Gasteiger partial charge in [0.1, 0.15) is 86.2 Å². The standard InChI is InChI=1S/C38H47F3N8OS.C37H45F3N8OS.C34H41F3N8S/c1-26-28(24-47-12-10-29(11-13-47)45-36-33-21-31(22-38(39,40)41)51-37(33)44-25-43-36)7-8-34-32(26)20-30(23-42)49(34)19-16-46-14-17-48(18-15-46)35(50)9-6-27-4-2-3-5-27;1-25-27(23-46-10-8-28(9-11-46)44-35-32-20-30(21-37(38,39)40)50-36(32)43-24-42-35)6-7-33-31(25)19-29(22-41)48(33)17-14-45-12-15-47(16-13-45)34(49)18-26-4-2-3-5-26;1-3-24(2)44-15-13-42(14-16-44)9-4-10-45-28(21-38)18-26-17-25(5-6-31(26)45)22-43-11-7-27(8-12-43)41-32-30-19-29(20-34(35,36)37)46-33(30)40-23-39-32/h7-8,20-21,25,27,29H,2-6,9-19,22,24H2,1H3,(H,43,44,45);6-7,19-20,24,26,28H,2-5,8-18,21,23H2,1H3,(H,42,43,44);5-6,17-19,23,27H,2-4,7-16,20,22H2,1H3,(H,39,40,41). The summed E-state index contributed by atoms with van der Waals surface area (Å²) >= 11 is 3.21. The quantitative estimate of drug-likeness (QED) is 0.0331. The molecule has 0 radical (unpaired) electrons. The number of likely N-dealkylation sites (tertiary alicyclic amines) is 3. The maximum absolute atomic E-state index is 13.0. The van der Waals surface area contributed by atoms with E-state index in [0.29, 0.717) is 95.8 Å². The molecular weight excluding hydrogens is 1940 g/mol. The zero-order chi connectivity index (χ0) is 103. The van der Waals surface area contributed by atoms with Gasteiger partial charge in [0.25, 0.3) is 0 Å². The second-order valence-corrected chi connectivity index (χ2v) is 44.7. The van der Waals surface area contributed by atoms with Crippen LogP contribution in [0.2, 0.25) is 0 Å². The van der Waals surface area contributed by atoms with Crippen LogP contribution in [0.25, 0.3) is 63.4 Å². The molecule has 0 bridgehead atoms. The van der Waals surface area contributed by atoms with Crippen LogP contribution in [0, 0.1) is 59.7 Å². The molecule has 2 aliphatic carbocycles. The van der Waals surface area contributed by atoms with Crippen molar-refractivity contribution in [1.82, 2.24) is 87.7 Å². The number of anilines is 3. The number of amides is 2. The van der Waals surface area contributed by atoms with Crippen molar-refractivity contribution in [3.8, 4) is 18.2 Å². The molecule has 38 heteroatoms. The van der Waals surface area contributed by atoms with E-state index in [-0.39, 0.29) is 32.8 Å². The molecule has 15 heterocycles. The van der Waals surface area contributed by atoms with Crippen LogP contribution in [-0.4, -0.2) is 274 Å². The molecule has 0 spiro atoms. The Bertz CT molecular complexity index is 6700. The SMILES string of the molecule is C=C(CC)N1CCN(CCCn2c(C#N)cc3cc(CN4CCC(Nc5ncnc6sc(CC(F)(F)F)cc56)CC4)ccc32)CC1.Cc1c(CN2CCC(Nc3ncnc4sc(CC(F)(F)F)cc34)CC2)ccc2c1cc(C#N)n2CCN1CCN(C(=O)CC2CCCC2)CC1.Cc1c(CN2CCC(Nc3ncnc4sc(CC(F)(F)F)cc34)CC2)ccc2c1cc(C#N)n2CCN1CCN(C(=O)CCC2CCCC2)CC1. The predicted molar refractivity (Wildman–Crippen MR) is 563 cm³/mol. The highest BCUT2D eigenvalue weighted by Crippen LogP contribution is 2.41. The lowest BCUT2D eigenvalue weighted by atomic mass is 10.0. The van der Waals surface area contributed by atoms with Crippen molar-refractivity contribution in [2.45, 2.75) is 238 Å². The van der Waals surface area contributed by atoms with E-state index >= 15 is 0 Å². The van der Waals surface area contributed by atoms with Gasteiger partial charge in [0.2, 0.25) is 11.8 Å². The maximum Gasteiger partial charge on any atom is 0.393 e. The summed E-state index contributed by atoms with van der Waals surface area (Å²) in [7, 11) is 0. The van der Waals surface area contributed by atoms with Crippen molar-refractivity contribution in [3.05, 3.63) is 170 Å². The van der Waals surface area contributed by atoms with Gasteiger partial charge in [-0.1, -0.05) is 70.2 Å². The highest BCUT2D eigenvalue weighted by Gasteiger charge is 2.36. The Labute approximate surface area is 865 Å². The smallest absolute Gasteiger partial charge is 0.373 e. The fourth-order valence-electron chi connectivity index (χ4n) is 23.0. The number of thiophene rings is 3. The lowest BCUT2D eigenvalue weighted by Crippen LogP contribution is -2.49. The summed E-state index contributed by atoms with van der Waals surface area (Å²) in [6.45, 7) is 34.2. The Morgan fingerprint density at radius 2 is 0.776 bits per heavy atom. The summed E-state index contributed by atoms with van der Waals surface area (Å²) in [4.78, 5) is 74.9. The normalized spacial score (nSPS) is 18.2. The molecule has 2 amide bonds. The van der Waals surface area contributed by atoms with E-state index in [1.165, 1.54) is 104 Å². The number of nitrogens with one attached hydrogen (secondary N) is 3. The van der Waals surface area contributed by atoms with E-state index in [1.807, 2.05) is 28.0 Å². The average Bonchev–Trinajstić information content (AvgIpc) is 1.63. The number of rotatable bonds is 32. The Morgan fingerprint density at radius 1 is 0.401 bits per heavy atom. The van der Waals surface area contributed by atoms with Gasteiger partial charge in [-0.2, -0.15) is 55.3 Å². The third-order valence-electron chi connectivity index (χ3n) is 31.5. The molecular formula is C109H133F9N24O2S3. The monoisotopic (exact) mass is 2080 g/mol. The number of aryl methyl sites for hydroxylation is 3. The first-order chi connectivity index (χ1) is 70.9. The summed E-state index contributed by atoms with van der Waals surface area (Å²) in [6.07, 6.45) is 8.58. The van der Waals surface area contributed by atoms with Crippen molar-refractivity contribution >= 4 is 127 Å². The number of halogens is 9. The Kier molecular flexibility index (Phi) is 34.4. The van der Waals surface area contributed by atoms with Crippen molar-refractivity contribution in [3.63, 3.8) is 0 Å². The summed E-state index contributed by atoms with van der Waals surface area (Å²) in [5.74, 6) is 3.76. The van der Waals surface area contributed by atoms with Gasteiger partial charge in [-0.05, 0) is 191 Å². The first-order valence-electron chi connectivity index (χ1n) is 52.5. The molecule has 2 saturated carbocycles. The van der Waals surface area contributed by atoms with Crippen LogP contribution in [0.3, 0.4) is 0 Å². The van der Waals surface area contributed by atoms with E-state index in [0.717, 1.165) is 307 Å². The third kappa shape index (κ3) is 27.2. The van der Waals surface area contributed by atoms with Crippen LogP contribution in [0.4, 0.5) is 57.0 Å². The van der Waals surface area contributed by atoms with Crippen molar-refractivity contribution in [2.75, 3.05) is 153 Å². The number of nitrogens with zero attached hydrogens (tertiary/aromatic N) is 21. The molecule has 6 saturated heterocycles. The van der Waals surface area contributed by atoms with Gasteiger partial charge in [0.15, 0.2) is 0 Å². The zero-order valence-corrected chi connectivity index (χ0v) is 86.8. The van der Waals surface area contributed by atoms with Crippen molar-refractivity contribution < 1.29 is 49.1 Å². The Hall–Kier alpha value is -11.1. The first kappa shape index (κ1) is 106. The number of alkyl halides is 9. The number of carbonyl (C=O) groups is 2. The van der Waals surface area contributed by atoms with E-state index in [2.05, 4.69) is 182 Å². The fraction of sp³-hybridized carbons (Fsp3) is 0.550. The molecule has 8 fully saturated rings. The molecule has 147 heavy (non-hydrogen) atoms. The fourth-order valence-corrected chi connectivity index (χ4v) is 26.1. The largest absolute Gasteiger partial charge is 0.393 e. The second kappa shape index (κ2) is 47.8. The van der Waals surface area contributed by atoms with Crippen LogP contribution < -0.4 is 16.0 Å². The zero-order valence-electron chi connectivity index (χ0n) is 84.3. The van der Waals surface area contributed by atoms with Crippen LogP contribution in [0.1, 0.15) is 188 Å². The molecule has 8 aliphatic rings. The van der Waals surface area contributed by atoms with E-state index in [9.17, 15) is 64.9 Å². The van der Waals surface area contributed by atoms with E-state index < -0.39 is 37.8 Å². The highest BCUT2D eigenvalue weighted by molar-refractivity contribution is 7.19. The number of nitriles is 3. The number of piperidine rings is 3. The topological polar surface area (TPSA) is 263 Å². The molecule has 6 aliphatic heterocycles. The molecule has 12 aromatic rings. The van der Waals surface area contributed by atoms with Gasteiger partial charge < -0.3 is 44.4 Å². The molecule has 3 aromatic carbocycles. The van der Waals surface area contributed by atoms with Gasteiger partial charge >= 0.3 is 18.5 Å². The molecule has 26 nitrogen and oxygen atoms in total. The van der Waals surface area contributed by atoms with Gasteiger partial charge in [-0.25, -0.2) is 29.9 Å². The number of hydrogen-bond acceptors (Lipinski definition) is 24. The number of hydrogen-bond donors (Lipinski definition) is 3. The molecule has 0 atom stereocenters. The minimum Gasteiger partial charge on any atom is -0.373 e. The molecule has 782 valence electrons. The summed E-state index contributed by atoms with van der Waals surface area (Å²) < 4.78 is 123. The summed E-state index contributed by atoms with van der Waals surface area (Å²) in [5, 5.41) is 45.7. The summed E-state index contributed by atoms with van der Waals surface area (Å²) in [5.41, 5.74) is 12.7. The highest BCUT2D eigenvalue weighted by atomic mass is 32.1. The number of carbonyl (C=O) groups excluding carboxylic acids is 2. The number of benzene rings is 3. The summed E-state index contributed by atoms with van der Waals surface area (Å²) in [6, 6.07) is 33.8. The van der Waals surface area contributed by atoms with E-state index in [4.69, 9.17) is 0 Å². The van der Waals surface area contributed by atoms with Crippen LogP contribution in [0.15, 0.2) is 110 Å². The van der Waals surface area contributed by atoms with Gasteiger partial charge in [0.05, 0.1) is 35.4 Å². The third-order valence-corrected chi connectivity index (χ3v) is 34.6. The van der Waals surface area contributed by atoms with Gasteiger partial charge in [-0.3, -0.25) is 39.0 Å².